The number of fused-ring (bicyclic) bond motifs is 2. The lowest BCUT2D eigenvalue weighted by atomic mass is 10.0. The van der Waals surface area contributed by atoms with Crippen LogP contribution in [0.1, 0.15) is 5.56 Å². The summed E-state index contributed by atoms with van der Waals surface area (Å²) < 4.78 is 3.58. The van der Waals surface area contributed by atoms with Crippen molar-refractivity contribution in [3.8, 4) is 11.1 Å². The third-order valence-electron chi connectivity index (χ3n) is 4.59. The van der Waals surface area contributed by atoms with Gasteiger partial charge in [-0.15, -0.1) is 0 Å². The molecule has 4 aromatic heterocycles. The molecule has 0 bridgehead atoms. The molecule has 0 amide bonds. The molecule has 0 aliphatic carbocycles. The Balaban J connectivity index is 1.52. The molecule has 5 aromatic rings. The van der Waals surface area contributed by atoms with Gasteiger partial charge in [-0.05, 0) is 47.0 Å². The van der Waals surface area contributed by atoms with E-state index in [9.17, 15) is 4.79 Å². The van der Waals surface area contributed by atoms with Crippen LogP contribution in [-0.2, 0) is 6.54 Å². The fourth-order valence-electron chi connectivity index (χ4n) is 3.24. The Labute approximate surface area is 154 Å². The highest BCUT2D eigenvalue weighted by atomic mass is 16.1. The molecule has 4 heterocycles. The van der Waals surface area contributed by atoms with E-state index < -0.39 is 0 Å². The second kappa shape index (κ2) is 6.17. The van der Waals surface area contributed by atoms with Crippen molar-refractivity contribution in [3.63, 3.8) is 0 Å². The van der Waals surface area contributed by atoms with Gasteiger partial charge in [0.05, 0.1) is 18.4 Å². The number of aromatic nitrogens is 5. The summed E-state index contributed by atoms with van der Waals surface area (Å²) in [5.41, 5.74) is 4.98. The first kappa shape index (κ1) is 15.5. The van der Waals surface area contributed by atoms with Gasteiger partial charge in [-0.1, -0.05) is 18.2 Å². The van der Waals surface area contributed by atoms with Crippen molar-refractivity contribution in [2.45, 2.75) is 6.54 Å². The third kappa shape index (κ3) is 2.77. The maximum atomic E-state index is 12.7. The molecule has 27 heavy (non-hydrogen) atoms. The summed E-state index contributed by atoms with van der Waals surface area (Å²) in [4.78, 5) is 25.4. The molecule has 0 radical (unpaired) electrons. The lowest BCUT2D eigenvalue weighted by Gasteiger charge is -2.09. The zero-order valence-electron chi connectivity index (χ0n) is 14.4. The van der Waals surface area contributed by atoms with E-state index in [4.69, 9.17) is 0 Å². The standard InChI is InChI=1S/C21H15N5O/c27-21-20-18(5-2-8-23-20)24-14-26(21)12-15-3-1-4-16(11-15)17-6-7-19-22-9-10-25(19)13-17/h1-11,13-14H,12H2. The number of hydrogen-bond donors (Lipinski definition) is 0. The molecule has 0 spiro atoms. The summed E-state index contributed by atoms with van der Waals surface area (Å²) >= 11 is 0. The van der Waals surface area contributed by atoms with Crippen molar-refractivity contribution in [2.75, 3.05) is 0 Å². The molecular weight excluding hydrogens is 338 g/mol. The average molecular weight is 353 g/mol. The number of pyridine rings is 2. The van der Waals surface area contributed by atoms with Crippen molar-refractivity contribution in [1.82, 2.24) is 23.9 Å². The Hall–Kier alpha value is -3.80. The summed E-state index contributed by atoms with van der Waals surface area (Å²) in [6.07, 6.45) is 8.95. The second-order valence-electron chi connectivity index (χ2n) is 6.36. The highest BCUT2D eigenvalue weighted by Gasteiger charge is 2.07. The summed E-state index contributed by atoms with van der Waals surface area (Å²) in [7, 11) is 0. The number of imidazole rings is 1. The molecule has 0 unspecified atom stereocenters. The van der Waals surface area contributed by atoms with Crippen LogP contribution in [0.25, 0.3) is 27.8 Å². The Morgan fingerprint density at radius 2 is 1.85 bits per heavy atom. The van der Waals surface area contributed by atoms with E-state index in [0.717, 1.165) is 22.3 Å². The van der Waals surface area contributed by atoms with Gasteiger partial charge in [0, 0.05) is 24.8 Å². The molecule has 130 valence electrons. The number of hydrogen-bond acceptors (Lipinski definition) is 4. The second-order valence-corrected chi connectivity index (χ2v) is 6.36. The van der Waals surface area contributed by atoms with Gasteiger partial charge < -0.3 is 4.40 Å². The maximum absolute atomic E-state index is 12.7. The smallest absolute Gasteiger partial charge is 0.280 e. The summed E-state index contributed by atoms with van der Waals surface area (Å²) in [6, 6.07) is 15.8. The molecule has 5 rings (SSSR count). The van der Waals surface area contributed by atoms with Gasteiger partial charge >= 0.3 is 0 Å². The van der Waals surface area contributed by atoms with Gasteiger partial charge in [0.25, 0.3) is 5.56 Å². The predicted molar refractivity (Wildman–Crippen MR) is 104 cm³/mol. The quantitative estimate of drug-likeness (QED) is 0.500. The van der Waals surface area contributed by atoms with Gasteiger partial charge in [-0.2, -0.15) is 0 Å². The minimum Gasteiger partial charge on any atom is -0.306 e. The minimum atomic E-state index is -0.133. The van der Waals surface area contributed by atoms with Crippen LogP contribution < -0.4 is 5.56 Å². The maximum Gasteiger partial charge on any atom is 0.280 e. The van der Waals surface area contributed by atoms with Gasteiger partial charge in [-0.3, -0.25) is 9.36 Å². The first-order chi connectivity index (χ1) is 13.3. The van der Waals surface area contributed by atoms with Crippen LogP contribution in [0.15, 0.2) is 84.4 Å². The largest absolute Gasteiger partial charge is 0.306 e. The van der Waals surface area contributed by atoms with Gasteiger partial charge in [0.2, 0.25) is 0 Å². The third-order valence-corrected chi connectivity index (χ3v) is 4.59. The van der Waals surface area contributed by atoms with Crippen molar-refractivity contribution in [1.29, 1.82) is 0 Å². The fourth-order valence-corrected chi connectivity index (χ4v) is 3.24. The van der Waals surface area contributed by atoms with Crippen LogP contribution in [0.3, 0.4) is 0 Å². The minimum absolute atomic E-state index is 0.133. The highest BCUT2D eigenvalue weighted by Crippen LogP contribution is 2.21. The molecule has 0 N–H and O–H groups in total. The van der Waals surface area contributed by atoms with Crippen LogP contribution in [0.5, 0.6) is 0 Å². The monoisotopic (exact) mass is 353 g/mol. The number of nitrogens with zero attached hydrogens (tertiary/aromatic N) is 5. The van der Waals surface area contributed by atoms with Crippen LogP contribution in [0.2, 0.25) is 0 Å². The zero-order chi connectivity index (χ0) is 18.2. The Morgan fingerprint density at radius 1 is 0.889 bits per heavy atom. The normalized spacial score (nSPS) is 11.3. The van der Waals surface area contributed by atoms with Gasteiger partial charge in [0.1, 0.15) is 5.65 Å². The molecule has 0 aliphatic heterocycles. The first-order valence-electron chi connectivity index (χ1n) is 8.60. The van der Waals surface area contributed by atoms with E-state index >= 15 is 0 Å². The van der Waals surface area contributed by atoms with E-state index in [1.54, 1.807) is 35.4 Å². The fraction of sp³-hybridized carbons (Fsp3) is 0.0476. The molecule has 0 fully saturated rings. The van der Waals surface area contributed by atoms with E-state index in [2.05, 4.69) is 39.3 Å². The predicted octanol–water partition coefficient (Wildman–Crippen LogP) is 3.15. The number of benzene rings is 1. The Kier molecular flexibility index (Phi) is 3.53. The molecular formula is C21H15N5O. The first-order valence-corrected chi connectivity index (χ1v) is 8.60. The summed E-state index contributed by atoms with van der Waals surface area (Å²) in [5.74, 6) is 0. The topological polar surface area (TPSA) is 65.1 Å². The molecule has 0 atom stereocenters. The number of rotatable bonds is 3. The highest BCUT2D eigenvalue weighted by molar-refractivity contribution is 5.72. The average Bonchev–Trinajstić information content (AvgIpc) is 3.18. The van der Waals surface area contributed by atoms with E-state index in [1.807, 2.05) is 28.8 Å². The van der Waals surface area contributed by atoms with Crippen LogP contribution in [0, 0.1) is 0 Å². The lowest BCUT2D eigenvalue weighted by molar-refractivity contribution is 0.746. The molecule has 6 heteroatoms. The Morgan fingerprint density at radius 3 is 2.81 bits per heavy atom. The van der Waals surface area contributed by atoms with Crippen molar-refractivity contribution >= 4 is 16.7 Å². The lowest BCUT2D eigenvalue weighted by Crippen LogP contribution is -2.21. The Bertz CT molecular complexity index is 1340. The van der Waals surface area contributed by atoms with Crippen molar-refractivity contribution in [2.24, 2.45) is 0 Å². The van der Waals surface area contributed by atoms with E-state index in [0.29, 0.717) is 17.6 Å². The molecule has 1 aromatic carbocycles. The van der Waals surface area contributed by atoms with E-state index in [-0.39, 0.29) is 5.56 Å². The SMILES string of the molecule is O=c1c2ncccc2ncn1Cc1cccc(-c2ccc3nccn3c2)c1. The van der Waals surface area contributed by atoms with Gasteiger partial charge in [-0.25, -0.2) is 15.0 Å². The molecule has 0 aliphatic rings. The van der Waals surface area contributed by atoms with E-state index in [1.165, 1.54) is 0 Å². The zero-order valence-corrected chi connectivity index (χ0v) is 14.4. The molecule has 6 nitrogen and oxygen atoms in total. The van der Waals surface area contributed by atoms with Crippen molar-refractivity contribution < 1.29 is 0 Å². The molecule has 0 saturated carbocycles. The van der Waals surface area contributed by atoms with Crippen molar-refractivity contribution in [3.05, 3.63) is 95.6 Å². The van der Waals surface area contributed by atoms with Crippen LogP contribution in [0.4, 0.5) is 0 Å². The van der Waals surface area contributed by atoms with Crippen LogP contribution >= 0.6 is 0 Å². The summed E-state index contributed by atoms with van der Waals surface area (Å²) in [6.45, 7) is 0.444. The molecule has 0 saturated heterocycles. The summed E-state index contributed by atoms with van der Waals surface area (Å²) in [5, 5.41) is 0. The van der Waals surface area contributed by atoms with Crippen LogP contribution in [-0.4, -0.2) is 23.9 Å². The van der Waals surface area contributed by atoms with Gasteiger partial charge in [0.15, 0.2) is 5.52 Å².